The summed E-state index contributed by atoms with van der Waals surface area (Å²) >= 11 is 0. The molecule has 106 valence electrons. The first-order valence-corrected chi connectivity index (χ1v) is 6.93. The summed E-state index contributed by atoms with van der Waals surface area (Å²) in [5, 5.41) is 3.41. The number of ether oxygens (including phenoxy) is 1. The van der Waals surface area contributed by atoms with Gasteiger partial charge in [0.05, 0.1) is 24.7 Å². The number of nitrogens with zero attached hydrogens (tertiary/aromatic N) is 3. The van der Waals surface area contributed by atoms with Crippen LogP contribution in [0.25, 0.3) is 0 Å². The third kappa shape index (κ3) is 4.76. The smallest absolute Gasteiger partial charge is 0.147 e. The molecular formula is C14H24N4O. The van der Waals surface area contributed by atoms with E-state index < -0.39 is 0 Å². The van der Waals surface area contributed by atoms with Crippen LogP contribution in [0.5, 0.6) is 0 Å². The van der Waals surface area contributed by atoms with Crippen LogP contribution >= 0.6 is 0 Å². The fraction of sp³-hybridized carbons (Fsp3) is 0.714. The summed E-state index contributed by atoms with van der Waals surface area (Å²) in [4.78, 5) is 11.2. The van der Waals surface area contributed by atoms with Crippen molar-refractivity contribution in [3.05, 3.63) is 18.1 Å². The van der Waals surface area contributed by atoms with Gasteiger partial charge >= 0.3 is 0 Å². The predicted molar refractivity (Wildman–Crippen MR) is 76.3 cm³/mol. The second kappa shape index (κ2) is 6.30. The molecule has 1 aliphatic rings. The number of hydrogen-bond donors (Lipinski definition) is 1. The Kier molecular flexibility index (Phi) is 4.71. The Morgan fingerprint density at radius 2 is 2.05 bits per heavy atom. The van der Waals surface area contributed by atoms with Crippen molar-refractivity contribution >= 4 is 5.82 Å². The maximum Gasteiger partial charge on any atom is 0.147 e. The number of aromatic nitrogens is 2. The van der Waals surface area contributed by atoms with Gasteiger partial charge in [0.15, 0.2) is 0 Å². The molecule has 0 bridgehead atoms. The van der Waals surface area contributed by atoms with E-state index in [-0.39, 0.29) is 5.54 Å². The fourth-order valence-electron chi connectivity index (χ4n) is 1.93. The first-order chi connectivity index (χ1) is 9.04. The molecule has 0 saturated carbocycles. The van der Waals surface area contributed by atoms with Crippen LogP contribution in [0.1, 0.15) is 32.9 Å². The summed E-state index contributed by atoms with van der Waals surface area (Å²) in [7, 11) is 0. The largest absolute Gasteiger partial charge is 0.380 e. The van der Waals surface area contributed by atoms with Crippen molar-refractivity contribution in [2.75, 3.05) is 31.2 Å². The lowest BCUT2D eigenvalue weighted by molar-refractivity contribution is 0.152. The molecule has 1 saturated heterocycles. The molecule has 0 atom stereocenters. The maximum atomic E-state index is 5.45. The van der Waals surface area contributed by atoms with E-state index in [0.29, 0.717) is 0 Å². The second-order valence-electron chi connectivity index (χ2n) is 5.92. The van der Waals surface area contributed by atoms with Gasteiger partial charge in [0.2, 0.25) is 0 Å². The molecule has 1 N–H and O–H groups in total. The summed E-state index contributed by atoms with van der Waals surface area (Å²) in [5.41, 5.74) is 1.08. The van der Waals surface area contributed by atoms with Gasteiger partial charge in [0.25, 0.3) is 0 Å². The average Bonchev–Trinajstić information content (AvgIpc) is 2.65. The Bertz CT molecular complexity index is 377. The number of nitrogens with one attached hydrogen (secondary N) is 1. The molecule has 5 heteroatoms. The molecule has 0 unspecified atom stereocenters. The SMILES string of the molecule is CC(C)(C)NCc1cnc(N2CCCOCC2)cn1. The van der Waals surface area contributed by atoms with Crippen molar-refractivity contribution in [3.8, 4) is 0 Å². The Hall–Kier alpha value is -1.20. The Morgan fingerprint density at radius 3 is 2.74 bits per heavy atom. The molecule has 0 amide bonds. The minimum Gasteiger partial charge on any atom is -0.380 e. The molecule has 0 aliphatic carbocycles. The van der Waals surface area contributed by atoms with Crippen LogP contribution < -0.4 is 10.2 Å². The standard InChI is InChI=1S/C14H24N4O/c1-14(2,3)17-10-12-9-16-13(11-15-12)18-5-4-7-19-8-6-18/h9,11,17H,4-8,10H2,1-3H3. The first-order valence-electron chi connectivity index (χ1n) is 6.93. The van der Waals surface area contributed by atoms with Gasteiger partial charge in [-0.05, 0) is 27.2 Å². The molecule has 0 spiro atoms. The van der Waals surface area contributed by atoms with Crippen LogP contribution in [-0.4, -0.2) is 41.8 Å². The zero-order valence-corrected chi connectivity index (χ0v) is 12.1. The highest BCUT2D eigenvalue weighted by molar-refractivity contribution is 5.35. The first kappa shape index (κ1) is 14.2. The van der Waals surface area contributed by atoms with E-state index in [0.717, 1.165) is 50.8 Å². The van der Waals surface area contributed by atoms with E-state index in [2.05, 4.69) is 41.0 Å². The summed E-state index contributed by atoms with van der Waals surface area (Å²) in [6.07, 6.45) is 4.78. The lowest BCUT2D eigenvalue weighted by Crippen LogP contribution is -2.35. The van der Waals surface area contributed by atoms with Crippen molar-refractivity contribution in [1.82, 2.24) is 15.3 Å². The van der Waals surface area contributed by atoms with E-state index in [4.69, 9.17) is 4.74 Å². The van der Waals surface area contributed by atoms with Gasteiger partial charge in [-0.2, -0.15) is 0 Å². The number of hydrogen-bond acceptors (Lipinski definition) is 5. The second-order valence-corrected chi connectivity index (χ2v) is 5.92. The minimum atomic E-state index is 0.0997. The average molecular weight is 264 g/mol. The van der Waals surface area contributed by atoms with Crippen LogP contribution in [0.2, 0.25) is 0 Å². The van der Waals surface area contributed by atoms with E-state index in [1.807, 2.05) is 12.4 Å². The molecule has 5 nitrogen and oxygen atoms in total. The van der Waals surface area contributed by atoms with Gasteiger partial charge in [0, 0.05) is 31.8 Å². The molecular weight excluding hydrogens is 240 g/mol. The fourth-order valence-corrected chi connectivity index (χ4v) is 1.93. The molecule has 0 aromatic carbocycles. The van der Waals surface area contributed by atoms with Crippen molar-refractivity contribution < 1.29 is 4.74 Å². The van der Waals surface area contributed by atoms with Crippen molar-refractivity contribution in [1.29, 1.82) is 0 Å². The molecule has 0 radical (unpaired) electrons. The van der Waals surface area contributed by atoms with Crippen LogP contribution in [0, 0.1) is 0 Å². The van der Waals surface area contributed by atoms with Crippen molar-refractivity contribution in [2.24, 2.45) is 0 Å². The lowest BCUT2D eigenvalue weighted by Gasteiger charge is -2.21. The van der Waals surface area contributed by atoms with Crippen molar-refractivity contribution in [3.63, 3.8) is 0 Å². The molecule has 2 rings (SSSR count). The van der Waals surface area contributed by atoms with Crippen LogP contribution in [0.4, 0.5) is 5.82 Å². The summed E-state index contributed by atoms with van der Waals surface area (Å²) in [6.45, 7) is 10.7. The summed E-state index contributed by atoms with van der Waals surface area (Å²) in [6, 6.07) is 0. The highest BCUT2D eigenvalue weighted by Gasteiger charge is 2.12. The number of anilines is 1. The van der Waals surface area contributed by atoms with Crippen LogP contribution in [-0.2, 0) is 11.3 Å². The zero-order chi connectivity index (χ0) is 13.7. The zero-order valence-electron chi connectivity index (χ0n) is 12.1. The van der Waals surface area contributed by atoms with Gasteiger partial charge in [-0.1, -0.05) is 0 Å². The molecule has 1 aliphatic heterocycles. The Balaban J connectivity index is 1.93. The molecule has 2 heterocycles. The minimum absolute atomic E-state index is 0.0997. The van der Waals surface area contributed by atoms with E-state index in [9.17, 15) is 0 Å². The van der Waals surface area contributed by atoms with E-state index in [1.54, 1.807) is 0 Å². The van der Waals surface area contributed by atoms with Crippen molar-refractivity contribution in [2.45, 2.75) is 39.3 Å². The van der Waals surface area contributed by atoms with Gasteiger partial charge in [-0.3, -0.25) is 4.98 Å². The van der Waals surface area contributed by atoms with Crippen LogP contribution in [0.3, 0.4) is 0 Å². The maximum absolute atomic E-state index is 5.45. The Morgan fingerprint density at radius 1 is 1.21 bits per heavy atom. The van der Waals surface area contributed by atoms with E-state index in [1.165, 1.54) is 0 Å². The lowest BCUT2D eigenvalue weighted by atomic mass is 10.1. The monoisotopic (exact) mass is 264 g/mol. The normalized spacial score (nSPS) is 17.3. The van der Waals surface area contributed by atoms with Gasteiger partial charge < -0.3 is 15.0 Å². The Labute approximate surface area is 115 Å². The number of rotatable bonds is 3. The van der Waals surface area contributed by atoms with E-state index >= 15 is 0 Å². The molecule has 1 fully saturated rings. The molecule has 1 aromatic rings. The highest BCUT2D eigenvalue weighted by Crippen LogP contribution is 2.12. The third-order valence-corrected chi connectivity index (χ3v) is 3.04. The topological polar surface area (TPSA) is 50.3 Å². The molecule has 1 aromatic heterocycles. The van der Waals surface area contributed by atoms with Gasteiger partial charge in [-0.25, -0.2) is 4.98 Å². The highest BCUT2D eigenvalue weighted by atomic mass is 16.5. The quantitative estimate of drug-likeness (QED) is 0.898. The predicted octanol–water partition coefficient (Wildman–Crippen LogP) is 1.59. The summed E-state index contributed by atoms with van der Waals surface area (Å²) < 4.78 is 5.45. The summed E-state index contributed by atoms with van der Waals surface area (Å²) in [5.74, 6) is 0.949. The van der Waals surface area contributed by atoms with Gasteiger partial charge in [-0.15, -0.1) is 0 Å². The van der Waals surface area contributed by atoms with Gasteiger partial charge in [0.1, 0.15) is 5.82 Å². The van der Waals surface area contributed by atoms with Crippen LogP contribution in [0.15, 0.2) is 12.4 Å². The third-order valence-electron chi connectivity index (χ3n) is 3.04. The molecule has 19 heavy (non-hydrogen) atoms.